The molecule has 2 aliphatic rings. The fourth-order valence-electron chi connectivity index (χ4n) is 7.17. The molecular weight excluding hydrogens is 979 g/mol. The minimum Gasteiger partial charge on any atom is -0.413 e. The van der Waals surface area contributed by atoms with E-state index in [1.165, 1.54) is 63.6 Å². The van der Waals surface area contributed by atoms with E-state index in [4.69, 9.17) is 23.2 Å². The number of rotatable bonds is 10. The first kappa shape index (κ1) is 52.0. The molecule has 2 saturated heterocycles. The summed E-state index contributed by atoms with van der Waals surface area (Å²) < 4.78 is 137. The highest BCUT2D eigenvalue weighted by Crippen LogP contribution is 2.33. The maximum absolute atomic E-state index is 15.0. The molecule has 7 rings (SSSR count). The fraction of sp³-hybridized carbons (Fsp3) is 0.333. The number of urea groups is 2. The van der Waals surface area contributed by atoms with Crippen LogP contribution >= 0.6 is 23.2 Å². The molecule has 1 aromatic heterocycles. The molecule has 4 aromatic carbocycles. The Morgan fingerprint density at radius 3 is 1.51 bits per heavy atom. The number of carbonyl (C=O) groups is 4. The van der Waals surface area contributed by atoms with E-state index in [0.29, 0.717) is 26.2 Å². The summed E-state index contributed by atoms with van der Waals surface area (Å²) in [5.41, 5.74) is 0.283. The Morgan fingerprint density at radius 2 is 1.09 bits per heavy atom. The number of alkyl halides is 6. The highest BCUT2D eigenvalue weighted by molar-refractivity contribution is 6.31. The molecule has 0 saturated carbocycles. The van der Waals surface area contributed by atoms with Crippen LogP contribution in [0.25, 0.3) is 11.5 Å². The Labute approximate surface area is 396 Å². The van der Waals surface area contributed by atoms with Crippen LogP contribution in [-0.4, -0.2) is 82.6 Å². The number of aromatic nitrogens is 2. The van der Waals surface area contributed by atoms with Gasteiger partial charge in [0, 0.05) is 59.8 Å². The zero-order valence-corrected chi connectivity index (χ0v) is 37.4. The van der Waals surface area contributed by atoms with Gasteiger partial charge in [-0.1, -0.05) is 41.4 Å². The molecule has 5 aromatic rings. The number of Topliss-reactive ketones (excluding diaryl/α,β-unsaturated/α-hetero) is 1. The number of ketones is 1. The maximum Gasteiger partial charge on any atom is 0.471 e. The predicted octanol–water partition coefficient (Wildman–Crippen LogP) is 11.4. The minimum absolute atomic E-state index is 0.00619. The normalized spacial score (nSPS) is 14.1. The average Bonchev–Trinajstić information content (AvgIpc) is 3.84. The molecule has 5 amide bonds. The highest BCUT2D eigenvalue weighted by Gasteiger charge is 2.39. The monoisotopic (exact) mass is 1020 g/mol. The number of nitrogens with zero attached hydrogens (tertiary/aromatic N) is 6. The Balaban J connectivity index is 0.000000227. The second-order valence-electron chi connectivity index (χ2n) is 15.7. The van der Waals surface area contributed by atoms with E-state index in [0.717, 1.165) is 62.8 Å². The summed E-state index contributed by atoms with van der Waals surface area (Å²) in [5.74, 6) is -8.29. The van der Waals surface area contributed by atoms with Crippen molar-refractivity contribution in [3.8, 4) is 11.5 Å². The molecule has 0 atom stereocenters. The lowest BCUT2D eigenvalue weighted by Crippen LogP contribution is -2.45. The first-order chi connectivity index (χ1) is 32.6. The van der Waals surface area contributed by atoms with Crippen LogP contribution in [0.5, 0.6) is 0 Å². The topological polar surface area (TPSA) is 132 Å². The number of carbonyl (C=O) groups excluding carboxylic acids is 4. The number of hydrogen-bond donors (Lipinski definition) is 1. The number of piperidine rings is 2. The van der Waals surface area contributed by atoms with E-state index >= 15 is 0 Å². The molecule has 1 N–H and O–H groups in total. The Morgan fingerprint density at radius 1 is 0.609 bits per heavy atom. The van der Waals surface area contributed by atoms with Gasteiger partial charge in [-0.15, -0.1) is 10.2 Å². The van der Waals surface area contributed by atoms with Crippen molar-refractivity contribution < 1.29 is 67.5 Å². The molecule has 2 fully saturated rings. The fourth-order valence-corrected chi connectivity index (χ4v) is 7.52. The molecule has 0 spiro atoms. The molecule has 0 aliphatic carbocycles. The van der Waals surface area contributed by atoms with Crippen LogP contribution in [0.4, 0.5) is 64.9 Å². The summed E-state index contributed by atoms with van der Waals surface area (Å²) >= 11 is 11.8. The van der Waals surface area contributed by atoms with Gasteiger partial charge in [-0.3, -0.25) is 19.4 Å². The second-order valence-corrected chi connectivity index (χ2v) is 16.5. The highest BCUT2D eigenvalue weighted by atomic mass is 35.5. The van der Waals surface area contributed by atoms with Gasteiger partial charge in [0.05, 0.1) is 29.7 Å². The number of halogens is 12. The third kappa shape index (κ3) is 13.4. The molecule has 368 valence electrons. The van der Waals surface area contributed by atoms with Crippen molar-refractivity contribution in [1.82, 2.24) is 25.3 Å². The molecule has 12 nitrogen and oxygen atoms in total. The quantitative estimate of drug-likeness (QED) is 0.109. The number of likely N-dealkylation sites (tertiary alicyclic amines) is 2. The number of amides is 5. The number of hydrogen-bond acceptors (Lipinski definition) is 7. The molecule has 0 bridgehead atoms. The van der Waals surface area contributed by atoms with Crippen LogP contribution in [0.2, 0.25) is 10.0 Å². The first-order valence-electron chi connectivity index (χ1n) is 21.0. The number of anilines is 2. The summed E-state index contributed by atoms with van der Waals surface area (Å²) in [7, 11) is 0. The van der Waals surface area contributed by atoms with Gasteiger partial charge in [-0.25, -0.2) is 27.2 Å². The Hall–Kier alpha value is -6.42. The summed E-state index contributed by atoms with van der Waals surface area (Å²) in [6.07, 6.45) is -4.74. The van der Waals surface area contributed by atoms with Crippen molar-refractivity contribution in [3.05, 3.63) is 129 Å². The van der Waals surface area contributed by atoms with Gasteiger partial charge in [0.1, 0.15) is 23.3 Å². The minimum atomic E-state index is -5.15. The van der Waals surface area contributed by atoms with Crippen molar-refractivity contribution in [1.29, 1.82) is 0 Å². The van der Waals surface area contributed by atoms with E-state index in [1.54, 1.807) is 9.80 Å². The molecular formula is C45H39Cl2F10N7O5. The number of benzene rings is 4. The Bertz CT molecular complexity index is 2670. The lowest BCUT2D eigenvalue weighted by molar-refractivity contribution is -0.173. The Kier molecular flexibility index (Phi) is 16.8. The van der Waals surface area contributed by atoms with E-state index in [2.05, 4.69) is 14.6 Å². The SMILES string of the molecule is O=C(CNC(=O)C(F)(F)F)c1ccc(CN(C(=O)N2CCCCC2)c2ccc(F)c(Cl)c2)c(F)c1.O=C(N1CCCCC1)N(Cc1ccc(-c2nnc(C(F)(F)F)o2)cc1F)c1ccc(F)c(Cl)c1. The second kappa shape index (κ2) is 22.3. The third-order valence-corrected chi connectivity index (χ3v) is 11.4. The molecule has 24 heteroatoms. The van der Waals surface area contributed by atoms with Crippen molar-refractivity contribution in [2.45, 2.75) is 64.0 Å². The summed E-state index contributed by atoms with van der Waals surface area (Å²) in [5, 5.41) is 7.26. The lowest BCUT2D eigenvalue weighted by Gasteiger charge is -2.33. The molecule has 0 unspecified atom stereocenters. The zero-order valence-electron chi connectivity index (χ0n) is 35.9. The van der Waals surface area contributed by atoms with Gasteiger partial charge < -0.3 is 19.5 Å². The van der Waals surface area contributed by atoms with Crippen LogP contribution in [-0.2, 0) is 24.1 Å². The van der Waals surface area contributed by atoms with Crippen molar-refractivity contribution in [3.63, 3.8) is 0 Å². The first-order valence-corrected chi connectivity index (χ1v) is 21.8. The summed E-state index contributed by atoms with van der Waals surface area (Å²) in [4.78, 5) is 55.2. The van der Waals surface area contributed by atoms with Crippen LogP contribution < -0.4 is 15.1 Å². The van der Waals surface area contributed by atoms with Gasteiger partial charge in [0.2, 0.25) is 5.89 Å². The van der Waals surface area contributed by atoms with Crippen molar-refractivity contribution >= 4 is 58.3 Å². The van der Waals surface area contributed by atoms with Crippen LogP contribution in [0.1, 0.15) is 65.9 Å². The molecule has 2 aliphatic heterocycles. The van der Waals surface area contributed by atoms with Gasteiger partial charge in [-0.2, -0.15) is 26.3 Å². The average molecular weight is 1020 g/mol. The largest absolute Gasteiger partial charge is 0.471 e. The van der Waals surface area contributed by atoms with Crippen molar-refractivity contribution in [2.75, 3.05) is 42.5 Å². The van der Waals surface area contributed by atoms with E-state index < -0.39 is 77.7 Å². The van der Waals surface area contributed by atoms with E-state index in [1.807, 2.05) is 0 Å². The molecule has 0 radical (unpaired) electrons. The van der Waals surface area contributed by atoms with E-state index in [-0.39, 0.29) is 56.8 Å². The summed E-state index contributed by atoms with van der Waals surface area (Å²) in [6, 6.07) is 13.4. The van der Waals surface area contributed by atoms with Crippen molar-refractivity contribution in [2.24, 2.45) is 0 Å². The zero-order chi connectivity index (χ0) is 50.2. The van der Waals surface area contributed by atoms with Crippen LogP contribution in [0, 0.1) is 23.3 Å². The van der Waals surface area contributed by atoms with Gasteiger partial charge in [-0.05, 0) is 93.1 Å². The smallest absolute Gasteiger partial charge is 0.413 e. The molecule has 3 heterocycles. The van der Waals surface area contributed by atoms with Gasteiger partial charge in [0.15, 0.2) is 5.78 Å². The van der Waals surface area contributed by atoms with Crippen LogP contribution in [0.3, 0.4) is 0 Å². The van der Waals surface area contributed by atoms with Gasteiger partial charge >= 0.3 is 36.2 Å². The standard InChI is InChI=1S/C23H21ClF5N3O3.C22H18ClF5N4O2/c24-17-11-16(6-7-18(17)25)32(22(35)31-8-2-1-3-9-31)13-15-5-4-14(10-19(15)26)20(33)12-30-21(34)23(27,28)29;23-16-11-15(6-7-17(16)24)32(21(33)31-8-2-1-3-9-31)12-14-5-4-13(10-18(14)25)19-29-30-20(34-19)22(26,27)28/h4-7,10-11H,1-3,8-9,12-13H2,(H,30,34);4-7,10-11H,1-3,8-9,12H2. The third-order valence-electron chi connectivity index (χ3n) is 10.8. The maximum atomic E-state index is 15.0. The number of nitrogens with one attached hydrogen (secondary N) is 1. The van der Waals surface area contributed by atoms with Gasteiger partial charge in [0.25, 0.3) is 0 Å². The van der Waals surface area contributed by atoms with Crippen LogP contribution in [0.15, 0.2) is 77.2 Å². The van der Waals surface area contributed by atoms with E-state index in [9.17, 15) is 63.1 Å². The molecule has 69 heavy (non-hydrogen) atoms. The predicted molar refractivity (Wildman–Crippen MR) is 231 cm³/mol. The summed E-state index contributed by atoms with van der Waals surface area (Å²) in [6.45, 7) is 0.608. The lowest BCUT2D eigenvalue weighted by atomic mass is 10.1.